The number of carboxylic acid groups (broad SMARTS) is 1. The van der Waals surface area contributed by atoms with Crippen LogP contribution < -0.4 is 5.32 Å². The number of hydrogen-bond donors (Lipinski definition) is 2. The molecule has 1 aromatic rings. The van der Waals surface area contributed by atoms with E-state index in [4.69, 9.17) is 9.84 Å². The average Bonchev–Trinajstić information content (AvgIpc) is 2.81. The van der Waals surface area contributed by atoms with Gasteiger partial charge < -0.3 is 15.2 Å². The predicted molar refractivity (Wildman–Crippen MR) is 68.0 cm³/mol. The summed E-state index contributed by atoms with van der Waals surface area (Å²) in [7, 11) is 1.65. The highest BCUT2D eigenvalue weighted by Crippen LogP contribution is 2.03. The van der Waals surface area contributed by atoms with Crippen molar-refractivity contribution in [3.63, 3.8) is 0 Å². The van der Waals surface area contributed by atoms with Crippen molar-refractivity contribution in [1.82, 2.24) is 15.1 Å². The maximum absolute atomic E-state index is 11.8. The van der Waals surface area contributed by atoms with Gasteiger partial charge in [-0.05, 0) is 13.3 Å². The number of carboxylic acids is 1. The zero-order valence-electron chi connectivity index (χ0n) is 11.3. The summed E-state index contributed by atoms with van der Waals surface area (Å²) in [5.74, 6) is -2.24. The van der Waals surface area contributed by atoms with E-state index in [0.717, 1.165) is 0 Å². The van der Waals surface area contributed by atoms with Crippen LogP contribution in [0.1, 0.15) is 30.1 Å². The molecule has 0 bridgehead atoms. The lowest BCUT2D eigenvalue weighted by atomic mass is 10.1. The SMILES string of the molecule is CCOC(=O)CC[C@H](NC(=O)c1cnn(C)c1)C(=O)O. The van der Waals surface area contributed by atoms with Crippen molar-refractivity contribution in [1.29, 1.82) is 0 Å². The van der Waals surface area contributed by atoms with Gasteiger partial charge in [-0.2, -0.15) is 5.10 Å². The second-order valence-electron chi connectivity index (χ2n) is 4.11. The Bertz CT molecular complexity index is 497. The van der Waals surface area contributed by atoms with Gasteiger partial charge in [-0.15, -0.1) is 0 Å². The van der Waals surface area contributed by atoms with Crippen molar-refractivity contribution in [2.45, 2.75) is 25.8 Å². The standard InChI is InChI=1S/C12H17N3O5/c1-3-20-10(16)5-4-9(12(18)19)14-11(17)8-6-13-15(2)7-8/h6-7,9H,3-5H2,1-2H3,(H,14,17)(H,18,19)/t9-/m0/s1. The summed E-state index contributed by atoms with van der Waals surface area (Å²) >= 11 is 0. The molecule has 2 N–H and O–H groups in total. The third-order valence-corrected chi connectivity index (χ3v) is 2.51. The molecule has 1 heterocycles. The van der Waals surface area contributed by atoms with E-state index in [1.807, 2.05) is 0 Å². The van der Waals surface area contributed by atoms with Crippen LogP contribution in [0.4, 0.5) is 0 Å². The monoisotopic (exact) mass is 283 g/mol. The predicted octanol–water partition coefficient (Wildman–Crippen LogP) is -0.0536. The molecule has 0 aliphatic carbocycles. The van der Waals surface area contributed by atoms with Gasteiger partial charge in [0.2, 0.25) is 0 Å². The lowest BCUT2D eigenvalue weighted by Crippen LogP contribution is -2.41. The van der Waals surface area contributed by atoms with Crippen molar-refractivity contribution in [2.24, 2.45) is 7.05 Å². The van der Waals surface area contributed by atoms with E-state index < -0.39 is 23.9 Å². The number of carbonyl (C=O) groups excluding carboxylic acids is 2. The van der Waals surface area contributed by atoms with E-state index >= 15 is 0 Å². The van der Waals surface area contributed by atoms with Crippen LogP contribution in [0.3, 0.4) is 0 Å². The summed E-state index contributed by atoms with van der Waals surface area (Å²) in [4.78, 5) is 34.0. The summed E-state index contributed by atoms with van der Waals surface area (Å²) in [6.45, 7) is 1.90. The summed E-state index contributed by atoms with van der Waals surface area (Å²) in [6.07, 6.45) is 2.71. The second kappa shape index (κ2) is 7.27. The fourth-order valence-corrected chi connectivity index (χ4v) is 1.53. The maximum Gasteiger partial charge on any atom is 0.326 e. The molecule has 0 unspecified atom stereocenters. The van der Waals surface area contributed by atoms with Gasteiger partial charge in [0.15, 0.2) is 0 Å². The molecule has 0 aromatic carbocycles. The summed E-state index contributed by atoms with van der Waals surface area (Å²) in [5.41, 5.74) is 0.259. The Morgan fingerprint density at radius 2 is 2.20 bits per heavy atom. The molecule has 0 saturated carbocycles. The average molecular weight is 283 g/mol. The van der Waals surface area contributed by atoms with Crippen LogP contribution in [-0.4, -0.2) is 45.4 Å². The van der Waals surface area contributed by atoms with E-state index in [9.17, 15) is 14.4 Å². The topological polar surface area (TPSA) is 111 Å². The molecule has 8 heteroatoms. The van der Waals surface area contributed by atoms with Crippen LogP contribution >= 0.6 is 0 Å². The number of carbonyl (C=O) groups is 3. The Morgan fingerprint density at radius 3 is 2.70 bits per heavy atom. The first-order valence-electron chi connectivity index (χ1n) is 6.12. The van der Waals surface area contributed by atoms with Crippen molar-refractivity contribution < 1.29 is 24.2 Å². The number of esters is 1. The van der Waals surface area contributed by atoms with Crippen LogP contribution in [0.15, 0.2) is 12.4 Å². The number of ether oxygens (including phenoxy) is 1. The molecule has 1 rings (SSSR count). The molecule has 20 heavy (non-hydrogen) atoms. The summed E-state index contributed by atoms with van der Waals surface area (Å²) in [5, 5.41) is 15.2. The fraction of sp³-hybridized carbons (Fsp3) is 0.500. The number of aliphatic carboxylic acids is 1. The third kappa shape index (κ3) is 4.71. The van der Waals surface area contributed by atoms with Crippen molar-refractivity contribution >= 4 is 17.8 Å². The van der Waals surface area contributed by atoms with Crippen LogP contribution in [0, 0.1) is 0 Å². The van der Waals surface area contributed by atoms with Crippen molar-refractivity contribution in [3.05, 3.63) is 18.0 Å². The Morgan fingerprint density at radius 1 is 1.50 bits per heavy atom. The highest BCUT2D eigenvalue weighted by molar-refractivity contribution is 5.96. The van der Waals surface area contributed by atoms with Gasteiger partial charge in [-0.3, -0.25) is 14.3 Å². The molecule has 0 saturated heterocycles. The third-order valence-electron chi connectivity index (χ3n) is 2.51. The first kappa shape index (κ1) is 15.7. The second-order valence-corrected chi connectivity index (χ2v) is 4.11. The minimum absolute atomic E-state index is 0.0276. The van der Waals surface area contributed by atoms with Crippen LogP contribution in [0.25, 0.3) is 0 Å². The van der Waals surface area contributed by atoms with Crippen LogP contribution in [0.5, 0.6) is 0 Å². The molecule has 0 aliphatic heterocycles. The quantitative estimate of drug-likeness (QED) is 0.679. The zero-order chi connectivity index (χ0) is 15.1. The van der Waals surface area contributed by atoms with Gasteiger partial charge in [-0.1, -0.05) is 0 Å². The van der Waals surface area contributed by atoms with Crippen molar-refractivity contribution in [2.75, 3.05) is 6.61 Å². The zero-order valence-corrected chi connectivity index (χ0v) is 11.3. The molecule has 1 aromatic heterocycles. The van der Waals surface area contributed by atoms with Crippen LogP contribution in [-0.2, 0) is 21.4 Å². The van der Waals surface area contributed by atoms with E-state index in [1.165, 1.54) is 17.1 Å². The Balaban J connectivity index is 2.57. The number of hydrogen-bond acceptors (Lipinski definition) is 5. The van der Waals surface area contributed by atoms with Gasteiger partial charge in [0.05, 0.1) is 18.4 Å². The lowest BCUT2D eigenvalue weighted by Gasteiger charge is -2.13. The molecule has 1 amide bonds. The van der Waals surface area contributed by atoms with Gasteiger partial charge in [0.1, 0.15) is 6.04 Å². The first-order chi connectivity index (χ1) is 9.43. The fourth-order valence-electron chi connectivity index (χ4n) is 1.53. The number of rotatable bonds is 7. The molecular weight excluding hydrogens is 266 g/mol. The van der Waals surface area contributed by atoms with E-state index in [2.05, 4.69) is 10.4 Å². The Kier molecular flexibility index (Phi) is 5.70. The molecule has 1 atom stereocenters. The molecular formula is C12H17N3O5. The number of amides is 1. The lowest BCUT2D eigenvalue weighted by molar-refractivity contribution is -0.144. The summed E-state index contributed by atoms with van der Waals surface area (Å²) in [6, 6.07) is -1.15. The van der Waals surface area contributed by atoms with E-state index in [0.29, 0.717) is 0 Å². The molecule has 0 fully saturated rings. The van der Waals surface area contributed by atoms with Gasteiger partial charge in [-0.25, -0.2) is 4.79 Å². The highest BCUT2D eigenvalue weighted by atomic mass is 16.5. The summed E-state index contributed by atoms with van der Waals surface area (Å²) < 4.78 is 6.14. The van der Waals surface area contributed by atoms with Gasteiger partial charge in [0, 0.05) is 19.7 Å². The van der Waals surface area contributed by atoms with Crippen molar-refractivity contribution in [3.8, 4) is 0 Å². The number of nitrogens with zero attached hydrogens (tertiary/aromatic N) is 2. The Labute approximate surface area is 115 Å². The largest absolute Gasteiger partial charge is 0.480 e. The van der Waals surface area contributed by atoms with E-state index in [-0.39, 0.29) is 25.0 Å². The molecule has 8 nitrogen and oxygen atoms in total. The molecule has 0 spiro atoms. The first-order valence-corrected chi connectivity index (χ1v) is 6.12. The minimum atomic E-state index is -1.20. The van der Waals surface area contributed by atoms with Gasteiger partial charge >= 0.3 is 11.9 Å². The molecule has 0 aliphatic rings. The smallest absolute Gasteiger partial charge is 0.326 e. The maximum atomic E-state index is 11.8. The number of nitrogens with one attached hydrogen (secondary N) is 1. The van der Waals surface area contributed by atoms with E-state index in [1.54, 1.807) is 14.0 Å². The molecule has 0 radical (unpaired) electrons. The highest BCUT2D eigenvalue weighted by Gasteiger charge is 2.22. The Hall–Kier alpha value is -2.38. The number of aryl methyl sites for hydroxylation is 1. The number of aromatic nitrogens is 2. The molecule has 110 valence electrons. The van der Waals surface area contributed by atoms with Crippen LogP contribution in [0.2, 0.25) is 0 Å². The van der Waals surface area contributed by atoms with Gasteiger partial charge in [0.25, 0.3) is 5.91 Å². The normalized spacial score (nSPS) is 11.7. The minimum Gasteiger partial charge on any atom is -0.480 e.